The van der Waals surface area contributed by atoms with Gasteiger partial charge in [0.05, 0.1) is 11.4 Å². The molecule has 0 unspecified atom stereocenters. The molecular formula is C12H9Br2NS2. The van der Waals surface area contributed by atoms with E-state index in [9.17, 15) is 0 Å². The Morgan fingerprint density at radius 3 is 1.53 bits per heavy atom. The van der Waals surface area contributed by atoms with E-state index in [2.05, 4.69) is 62.4 Å². The molecule has 17 heavy (non-hydrogen) atoms. The van der Waals surface area contributed by atoms with Gasteiger partial charge >= 0.3 is 0 Å². The van der Waals surface area contributed by atoms with Crippen molar-refractivity contribution in [1.29, 1.82) is 0 Å². The van der Waals surface area contributed by atoms with Gasteiger partial charge in [-0.1, -0.05) is 31.9 Å². The van der Waals surface area contributed by atoms with E-state index in [0.29, 0.717) is 0 Å². The van der Waals surface area contributed by atoms with Gasteiger partial charge in [-0.05, 0) is 36.4 Å². The fourth-order valence-corrected chi connectivity index (χ4v) is 2.98. The van der Waals surface area contributed by atoms with Crippen LogP contribution >= 0.6 is 57.1 Å². The molecule has 0 heterocycles. The van der Waals surface area contributed by atoms with Crippen LogP contribution in [0.15, 0.2) is 55.1 Å². The Labute approximate surface area is 128 Å². The first-order chi connectivity index (χ1) is 8.06. The van der Waals surface area contributed by atoms with Gasteiger partial charge in [0.1, 0.15) is 0 Å². The van der Waals surface area contributed by atoms with Gasteiger partial charge < -0.3 is 5.32 Å². The number of anilines is 2. The number of halogens is 2. The Morgan fingerprint density at radius 2 is 1.18 bits per heavy atom. The molecule has 2 rings (SSSR count). The van der Waals surface area contributed by atoms with Gasteiger partial charge in [0.25, 0.3) is 0 Å². The number of benzene rings is 2. The summed E-state index contributed by atoms with van der Waals surface area (Å²) in [7, 11) is 0. The van der Waals surface area contributed by atoms with Crippen molar-refractivity contribution in [3.05, 3.63) is 45.3 Å². The van der Waals surface area contributed by atoms with Crippen molar-refractivity contribution in [3.63, 3.8) is 0 Å². The minimum Gasteiger partial charge on any atom is -0.354 e. The summed E-state index contributed by atoms with van der Waals surface area (Å²) in [6, 6.07) is 11.8. The summed E-state index contributed by atoms with van der Waals surface area (Å²) in [5.74, 6) is 0. The number of thiol groups is 2. The van der Waals surface area contributed by atoms with E-state index >= 15 is 0 Å². The van der Waals surface area contributed by atoms with E-state index in [1.54, 1.807) is 0 Å². The zero-order valence-electron chi connectivity index (χ0n) is 8.61. The largest absolute Gasteiger partial charge is 0.354 e. The van der Waals surface area contributed by atoms with Crippen LogP contribution in [0.25, 0.3) is 0 Å². The zero-order chi connectivity index (χ0) is 12.4. The lowest BCUT2D eigenvalue weighted by atomic mass is 10.2. The first kappa shape index (κ1) is 13.3. The van der Waals surface area contributed by atoms with Gasteiger partial charge in [-0.2, -0.15) is 0 Å². The molecule has 1 N–H and O–H groups in total. The van der Waals surface area contributed by atoms with Crippen molar-refractivity contribution in [2.45, 2.75) is 9.79 Å². The van der Waals surface area contributed by atoms with Crippen LogP contribution in [0.5, 0.6) is 0 Å². The van der Waals surface area contributed by atoms with Crippen molar-refractivity contribution < 1.29 is 0 Å². The molecule has 0 saturated carbocycles. The molecule has 5 heteroatoms. The third-order valence-electron chi connectivity index (χ3n) is 2.19. The smallest absolute Gasteiger partial charge is 0.0520 e. The second kappa shape index (κ2) is 5.69. The molecule has 2 aromatic rings. The average Bonchev–Trinajstić information content (AvgIpc) is 2.25. The summed E-state index contributed by atoms with van der Waals surface area (Å²) in [6.45, 7) is 0. The molecule has 0 aliphatic carbocycles. The molecule has 0 amide bonds. The van der Waals surface area contributed by atoms with Crippen molar-refractivity contribution >= 4 is 68.5 Å². The van der Waals surface area contributed by atoms with Crippen LogP contribution in [0.4, 0.5) is 11.4 Å². The van der Waals surface area contributed by atoms with Crippen LogP contribution in [0.1, 0.15) is 0 Å². The maximum Gasteiger partial charge on any atom is 0.0520 e. The highest BCUT2D eigenvalue weighted by Crippen LogP contribution is 2.31. The first-order valence-electron chi connectivity index (χ1n) is 4.80. The maximum atomic E-state index is 4.43. The SMILES string of the molecule is Sc1cc(Br)ccc1Nc1ccc(Br)cc1S. The molecule has 0 aromatic heterocycles. The highest BCUT2D eigenvalue weighted by molar-refractivity contribution is 9.10. The topological polar surface area (TPSA) is 12.0 Å². The molecule has 0 radical (unpaired) electrons. The molecule has 2 aromatic carbocycles. The predicted octanol–water partition coefficient (Wildman–Crippen LogP) is 5.53. The molecule has 0 aliphatic rings. The second-order valence-electron chi connectivity index (χ2n) is 3.45. The van der Waals surface area contributed by atoms with E-state index in [4.69, 9.17) is 0 Å². The Hall–Kier alpha value is -0.100. The van der Waals surface area contributed by atoms with Gasteiger partial charge in [-0.3, -0.25) is 0 Å². The number of rotatable bonds is 2. The lowest BCUT2D eigenvalue weighted by Gasteiger charge is -2.11. The van der Waals surface area contributed by atoms with Crippen LogP contribution in [0.3, 0.4) is 0 Å². The number of nitrogens with one attached hydrogen (secondary N) is 1. The van der Waals surface area contributed by atoms with Gasteiger partial charge in [-0.15, -0.1) is 25.3 Å². The summed E-state index contributed by atoms with van der Waals surface area (Å²) in [5, 5.41) is 3.30. The van der Waals surface area contributed by atoms with Gasteiger partial charge in [0.2, 0.25) is 0 Å². The monoisotopic (exact) mass is 389 g/mol. The summed E-state index contributed by atoms with van der Waals surface area (Å²) < 4.78 is 2.02. The van der Waals surface area contributed by atoms with E-state index < -0.39 is 0 Å². The zero-order valence-corrected chi connectivity index (χ0v) is 13.6. The molecular weight excluding hydrogens is 382 g/mol. The fourth-order valence-electron chi connectivity index (χ4n) is 1.37. The standard InChI is InChI=1S/C12H9Br2NS2/c13-7-1-3-9(11(16)5-7)15-10-4-2-8(14)6-12(10)17/h1-6,15-17H. The number of hydrogen-bond donors (Lipinski definition) is 3. The van der Waals surface area contributed by atoms with Gasteiger partial charge in [0.15, 0.2) is 0 Å². The van der Waals surface area contributed by atoms with E-state index in [1.165, 1.54) is 0 Å². The Balaban J connectivity index is 2.31. The van der Waals surface area contributed by atoms with E-state index in [-0.39, 0.29) is 0 Å². The summed E-state index contributed by atoms with van der Waals surface area (Å²) in [5.41, 5.74) is 1.91. The van der Waals surface area contributed by atoms with Crippen LogP contribution in [-0.4, -0.2) is 0 Å². The average molecular weight is 391 g/mol. The molecule has 0 spiro atoms. The minimum absolute atomic E-state index is 0.884. The van der Waals surface area contributed by atoms with Crippen LogP contribution < -0.4 is 5.32 Å². The van der Waals surface area contributed by atoms with Gasteiger partial charge in [0, 0.05) is 18.7 Å². The number of hydrogen-bond acceptors (Lipinski definition) is 3. The van der Waals surface area contributed by atoms with Crippen LogP contribution in [0, 0.1) is 0 Å². The first-order valence-corrected chi connectivity index (χ1v) is 7.28. The molecule has 0 fully saturated rings. The maximum absolute atomic E-state index is 4.43. The molecule has 0 bridgehead atoms. The normalized spacial score (nSPS) is 10.4. The van der Waals surface area contributed by atoms with E-state index in [1.807, 2.05) is 36.4 Å². The Morgan fingerprint density at radius 1 is 0.765 bits per heavy atom. The molecule has 88 valence electrons. The molecule has 0 aliphatic heterocycles. The summed E-state index contributed by atoms with van der Waals surface area (Å²) in [4.78, 5) is 1.77. The lowest BCUT2D eigenvalue weighted by molar-refractivity contribution is 1.35. The molecule has 0 atom stereocenters. The van der Waals surface area contributed by atoms with E-state index in [0.717, 1.165) is 30.1 Å². The third-order valence-corrected chi connectivity index (χ3v) is 3.92. The van der Waals surface area contributed by atoms with Crippen molar-refractivity contribution in [3.8, 4) is 0 Å². The van der Waals surface area contributed by atoms with Gasteiger partial charge in [-0.25, -0.2) is 0 Å². The fraction of sp³-hybridized carbons (Fsp3) is 0. The van der Waals surface area contributed by atoms with Crippen molar-refractivity contribution in [2.24, 2.45) is 0 Å². The van der Waals surface area contributed by atoms with Crippen molar-refractivity contribution in [2.75, 3.05) is 5.32 Å². The third kappa shape index (κ3) is 3.44. The summed E-state index contributed by atoms with van der Waals surface area (Å²) >= 11 is 15.7. The van der Waals surface area contributed by atoms with Crippen LogP contribution in [-0.2, 0) is 0 Å². The highest BCUT2D eigenvalue weighted by Gasteiger charge is 2.03. The molecule has 1 nitrogen and oxygen atoms in total. The minimum atomic E-state index is 0.884. The highest BCUT2D eigenvalue weighted by atomic mass is 79.9. The van der Waals surface area contributed by atoms with Crippen molar-refractivity contribution in [1.82, 2.24) is 0 Å². The van der Waals surface area contributed by atoms with Crippen LogP contribution in [0.2, 0.25) is 0 Å². The lowest BCUT2D eigenvalue weighted by Crippen LogP contribution is -1.92. The Bertz CT molecular complexity index is 509. The predicted molar refractivity (Wildman–Crippen MR) is 86.1 cm³/mol. The quantitative estimate of drug-likeness (QED) is 0.572. The molecule has 0 saturated heterocycles. The summed E-state index contributed by atoms with van der Waals surface area (Å²) in [6.07, 6.45) is 0. The second-order valence-corrected chi connectivity index (χ2v) is 6.24. The Kier molecular flexibility index (Phi) is 4.47.